The molecule has 2 heterocycles. The van der Waals surface area contributed by atoms with E-state index >= 15 is 0 Å². The average Bonchev–Trinajstić information content (AvgIpc) is 3.51. The van der Waals surface area contributed by atoms with E-state index in [1.165, 1.54) is 18.9 Å². The van der Waals surface area contributed by atoms with Crippen molar-refractivity contribution < 1.29 is 55.0 Å². The number of carboxylic acid groups (broad SMARTS) is 2. The van der Waals surface area contributed by atoms with Crippen LogP contribution in [0.4, 0.5) is 42.4 Å². The van der Waals surface area contributed by atoms with E-state index in [-0.39, 0.29) is 11.6 Å². The summed E-state index contributed by atoms with van der Waals surface area (Å²) in [6.45, 7) is 1.72. The molecule has 2 aromatic carbocycles. The fourth-order valence-electron chi connectivity index (χ4n) is 5.18. The summed E-state index contributed by atoms with van der Waals surface area (Å²) < 4.78 is 83.6. The maximum Gasteiger partial charge on any atom is 0.490 e. The van der Waals surface area contributed by atoms with Crippen LogP contribution in [0, 0.1) is 17.1 Å². The predicted octanol–water partition coefficient (Wildman–Crippen LogP) is 6.60. The van der Waals surface area contributed by atoms with Gasteiger partial charge in [-0.05, 0) is 43.9 Å². The second kappa shape index (κ2) is 16.8. The molecule has 17 heteroatoms. The highest BCUT2D eigenvalue weighted by atomic mass is 19.4. The van der Waals surface area contributed by atoms with Crippen molar-refractivity contribution in [3.8, 4) is 17.4 Å². The summed E-state index contributed by atoms with van der Waals surface area (Å²) >= 11 is 0. The second-order valence-electron chi connectivity index (χ2n) is 10.9. The zero-order chi connectivity index (χ0) is 35.5. The van der Waals surface area contributed by atoms with Gasteiger partial charge >= 0.3 is 24.3 Å². The van der Waals surface area contributed by atoms with Gasteiger partial charge < -0.3 is 30.2 Å². The van der Waals surface area contributed by atoms with Crippen molar-refractivity contribution in [3.63, 3.8) is 0 Å². The highest BCUT2D eigenvalue weighted by Gasteiger charge is 2.39. The number of nitrogens with zero attached hydrogens (tertiary/aromatic N) is 3. The van der Waals surface area contributed by atoms with Crippen LogP contribution in [0.5, 0.6) is 0 Å². The minimum atomic E-state index is -5.08. The van der Waals surface area contributed by atoms with Crippen LogP contribution < -0.4 is 15.5 Å². The molecule has 1 saturated heterocycles. The largest absolute Gasteiger partial charge is 0.490 e. The number of carbonyl (C=O) groups is 2. The monoisotopic (exact) mass is 687 g/mol. The molecule has 3 atom stereocenters. The van der Waals surface area contributed by atoms with Gasteiger partial charge in [-0.1, -0.05) is 43.2 Å². The molecule has 260 valence electrons. The van der Waals surface area contributed by atoms with Gasteiger partial charge in [-0.15, -0.1) is 0 Å². The average molecular weight is 688 g/mol. The van der Waals surface area contributed by atoms with Crippen molar-refractivity contribution in [1.29, 1.82) is 5.26 Å². The summed E-state index contributed by atoms with van der Waals surface area (Å²) in [4.78, 5) is 24.5. The highest BCUT2D eigenvalue weighted by Crippen LogP contribution is 2.28. The number of aromatic nitrogens is 1. The lowest BCUT2D eigenvalue weighted by molar-refractivity contribution is -0.193. The molecule has 0 bridgehead atoms. The van der Waals surface area contributed by atoms with Crippen LogP contribution in [0.25, 0.3) is 11.3 Å². The van der Waals surface area contributed by atoms with E-state index in [0.717, 1.165) is 55.8 Å². The number of benzene rings is 2. The first-order valence-corrected chi connectivity index (χ1v) is 14.7. The first-order valence-electron chi connectivity index (χ1n) is 14.7. The lowest BCUT2D eigenvalue weighted by atomic mass is 9.89. The number of hydrogen-bond donors (Lipinski definition) is 4. The molecule has 10 nitrogen and oxygen atoms in total. The third kappa shape index (κ3) is 11.4. The Morgan fingerprint density at radius 1 is 0.917 bits per heavy atom. The van der Waals surface area contributed by atoms with Crippen LogP contribution >= 0.6 is 0 Å². The standard InChI is InChI=1S/C27H30FN5O.2C2HF3O2/c28-23-15-22(13-12-20(23)16-29)33-14-6-9-21(18-33)31-24-10-4-5-11-25(24)32-27-30-17-26(34-27)19-7-2-1-3-8-19;2*3-2(4,5)1(6)7/h1-3,7-8,12-13,15,17,21,24-25,31H,4-6,9-11,14,18H2,(H,30,32);2*(H,6,7)/t21-,24+,25+;;/m0../s1. The minimum Gasteiger partial charge on any atom is -0.475 e. The quantitative estimate of drug-likeness (QED) is 0.209. The number of rotatable bonds is 6. The molecule has 3 aromatic rings. The number of nitrogens with one attached hydrogen (secondary N) is 2. The van der Waals surface area contributed by atoms with Crippen LogP contribution in [0.3, 0.4) is 0 Å². The molecular weight excluding hydrogens is 655 g/mol. The van der Waals surface area contributed by atoms with E-state index in [9.17, 15) is 30.7 Å². The molecule has 1 aromatic heterocycles. The molecule has 0 unspecified atom stereocenters. The molecule has 0 spiro atoms. The van der Waals surface area contributed by atoms with E-state index in [4.69, 9.17) is 29.5 Å². The van der Waals surface area contributed by atoms with E-state index in [2.05, 4.69) is 20.5 Å². The molecule has 2 fully saturated rings. The first kappa shape index (κ1) is 37.6. The van der Waals surface area contributed by atoms with E-state index in [1.807, 2.05) is 42.5 Å². The maximum atomic E-state index is 14.2. The highest BCUT2D eigenvalue weighted by molar-refractivity contribution is 5.73. The molecule has 2 aliphatic rings. The van der Waals surface area contributed by atoms with Gasteiger partial charge in [-0.2, -0.15) is 31.6 Å². The number of aliphatic carboxylic acids is 2. The number of carboxylic acids is 2. The molecule has 4 N–H and O–H groups in total. The Morgan fingerprint density at radius 2 is 1.52 bits per heavy atom. The van der Waals surface area contributed by atoms with Crippen molar-refractivity contribution in [2.45, 2.75) is 69.0 Å². The lowest BCUT2D eigenvalue weighted by Gasteiger charge is -2.40. The Kier molecular flexibility index (Phi) is 13.2. The number of alkyl halides is 6. The Hall–Kier alpha value is -4.85. The number of hydrogen-bond acceptors (Lipinski definition) is 8. The van der Waals surface area contributed by atoms with Crippen molar-refractivity contribution in [2.24, 2.45) is 0 Å². The SMILES string of the molecule is N#Cc1ccc(N2CCC[C@H](N[C@@H]3CCCC[C@H]3Nc3ncc(-c4ccccc4)o3)C2)cc1F.O=C(O)C(F)(F)F.O=C(O)C(F)(F)F. The van der Waals surface area contributed by atoms with Crippen LogP contribution in [-0.2, 0) is 9.59 Å². The third-order valence-corrected chi connectivity index (χ3v) is 7.43. The molecule has 48 heavy (non-hydrogen) atoms. The Bertz CT molecular complexity index is 1520. The molecule has 0 amide bonds. The van der Waals surface area contributed by atoms with Gasteiger partial charge in [0.05, 0.1) is 11.8 Å². The van der Waals surface area contributed by atoms with Crippen molar-refractivity contribution in [1.82, 2.24) is 10.3 Å². The van der Waals surface area contributed by atoms with Gasteiger partial charge in [0.25, 0.3) is 6.01 Å². The van der Waals surface area contributed by atoms with E-state index < -0.39 is 30.1 Å². The van der Waals surface area contributed by atoms with Gasteiger partial charge in [0, 0.05) is 42.5 Å². The summed E-state index contributed by atoms with van der Waals surface area (Å²) in [6.07, 6.45) is -1.69. The third-order valence-electron chi connectivity index (χ3n) is 7.43. The van der Waals surface area contributed by atoms with Gasteiger partial charge in [0.15, 0.2) is 5.76 Å². The lowest BCUT2D eigenvalue weighted by Crippen LogP contribution is -2.54. The number of anilines is 2. The maximum absolute atomic E-state index is 14.2. The fourth-order valence-corrected chi connectivity index (χ4v) is 5.18. The van der Waals surface area contributed by atoms with Gasteiger partial charge in [0.1, 0.15) is 11.9 Å². The fraction of sp³-hybridized carbons (Fsp3) is 0.419. The van der Waals surface area contributed by atoms with Gasteiger partial charge in [-0.25, -0.2) is 19.0 Å². The second-order valence-corrected chi connectivity index (χ2v) is 10.9. The number of oxazole rings is 1. The Morgan fingerprint density at radius 3 is 2.08 bits per heavy atom. The topological polar surface area (TPSA) is 152 Å². The molecule has 1 aliphatic heterocycles. The summed E-state index contributed by atoms with van der Waals surface area (Å²) in [5.41, 5.74) is 1.95. The van der Waals surface area contributed by atoms with Crippen LogP contribution in [0.15, 0.2) is 59.1 Å². The number of piperidine rings is 1. The molecule has 1 saturated carbocycles. The van der Waals surface area contributed by atoms with E-state index in [1.54, 1.807) is 12.3 Å². The zero-order valence-electron chi connectivity index (χ0n) is 25.2. The molecule has 5 rings (SSSR count). The van der Waals surface area contributed by atoms with Crippen LogP contribution in [0.1, 0.15) is 44.1 Å². The predicted molar refractivity (Wildman–Crippen MR) is 158 cm³/mol. The molecule has 1 aliphatic carbocycles. The Balaban J connectivity index is 0.000000376. The number of nitriles is 1. The smallest absolute Gasteiger partial charge is 0.475 e. The minimum absolute atomic E-state index is 0.0912. The summed E-state index contributed by atoms with van der Waals surface area (Å²) in [7, 11) is 0. The first-order chi connectivity index (χ1) is 22.6. The van der Waals surface area contributed by atoms with Crippen LogP contribution in [0.2, 0.25) is 0 Å². The van der Waals surface area contributed by atoms with Crippen LogP contribution in [-0.4, -0.2) is 70.7 Å². The summed E-state index contributed by atoms with van der Waals surface area (Å²) in [5.74, 6) is -5.20. The number of halogens is 7. The summed E-state index contributed by atoms with van der Waals surface area (Å²) in [6, 6.07) is 18.3. The van der Waals surface area contributed by atoms with Crippen molar-refractivity contribution in [2.75, 3.05) is 23.3 Å². The zero-order valence-corrected chi connectivity index (χ0v) is 25.2. The Labute approximate surface area is 270 Å². The van der Waals surface area contributed by atoms with Gasteiger partial charge in [0.2, 0.25) is 0 Å². The van der Waals surface area contributed by atoms with Crippen molar-refractivity contribution in [3.05, 3.63) is 66.1 Å². The van der Waals surface area contributed by atoms with Gasteiger partial charge in [-0.3, -0.25) is 0 Å². The normalized spacial score (nSPS) is 19.5. The molecule has 0 radical (unpaired) electrons. The van der Waals surface area contributed by atoms with Crippen molar-refractivity contribution >= 4 is 23.6 Å². The summed E-state index contributed by atoms with van der Waals surface area (Å²) in [5, 5.41) is 30.7. The molecular formula is C31H32F7N5O5. The van der Waals surface area contributed by atoms with E-state index in [0.29, 0.717) is 18.1 Å².